The van der Waals surface area contributed by atoms with Crippen LogP contribution in [0.4, 0.5) is 8.78 Å². The molecule has 1 unspecified atom stereocenters. The van der Waals surface area contributed by atoms with Crippen molar-refractivity contribution in [3.8, 4) is 0 Å². The number of nitrogens with zero attached hydrogens (tertiary/aromatic N) is 1. The third-order valence-electron chi connectivity index (χ3n) is 3.01. The second-order valence-corrected chi connectivity index (χ2v) is 5.81. The summed E-state index contributed by atoms with van der Waals surface area (Å²) < 4.78 is 26.0. The molecule has 2 nitrogen and oxygen atoms in total. The quantitative estimate of drug-likeness (QED) is 0.920. The highest BCUT2D eigenvalue weighted by atomic mass is 32.1. The highest BCUT2D eigenvalue weighted by Crippen LogP contribution is 2.20. The number of nitrogens with one attached hydrogen (secondary N) is 1. The number of thiazole rings is 1. The van der Waals surface area contributed by atoms with E-state index in [-0.39, 0.29) is 6.04 Å². The zero-order chi connectivity index (χ0) is 14.0. The summed E-state index contributed by atoms with van der Waals surface area (Å²) in [5.74, 6) is -1.62. The van der Waals surface area contributed by atoms with Crippen molar-refractivity contribution in [3.63, 3.8) is 0 Å². The Hall–Kier alpha value is -1.33. The van der Waals surface area contributed by atoms with Crippen LogP contribution in [0.3, 0.4) is 0 Å². The Morgan fingerprint density at radius 2 is 2.00 bits per heavy atom. The van der Waals surface area contributed by atoms with Gasteiger partial charge in [-0.15, -0.1) is 11.3 Å². The van der Waals surface area contributed by atoms with Crippen molar-refractivity contribution in [2.24, 2.45) is 0 Å². The van der Waals surface area contributed by atoms with Crippen LogP contribution in [-0.2, 0) is 6.54 Å². The molecule has 1 atom stereocenters. The first-order chi connectivity index (χ1) is 8.97. The van der Waals surface area contributed by atoms with Crippen LogP contribution in [-0.4, -0.2) is 4.98 Å². The second kappa shape index (κ2) is 5.75. The zero-order valence-corrected chi connectivity index (χ0v) is 11.9. The van der Waals surface area contributed by atoms with Gasteiger partial charge in [-0.05, 0) is 38.5 Å². The molecule has 0 aliphatic rings. The summed E-state index contributed by atoms with van der Waals surface area (Å²) >= 11 is 1.65. The first-order valence-corrected chi connectivity index (χ1v) is 6.90. The average molecular weight is 282 g/mol. The van der Waals surface area contributed by atoms with E-state index in [0.29, 0.717) is 6.54 Å². The lowest BCUT2D eigenvalue weighted by Gasteiger charge is -2.14. The van der Waals surface area contributed by atoms with Gasteiger partial charge in [-0.25, -0.2) is 13.8 Å². The molecule has 1 aromatic carbocycles. The van der Waals surface area contributed by atoms with Gasteiger partial charge in [0, 0.05) is 17.5 Å². The molecule has 0 aliphatic heterocycles. The van der Waals surface area contributed by atoms with E-state index in [4.69, 9.17) is 0 Å². The van der Waals surface area contributed by atoms with Gasteiger partial charge in [-0.2, -0.15) is 0 Å². The van der Waals surface area contributed by atoms with E-state index in [2.05, 4.69) is 10.3 Å². The predicted molar refractivity (Wildman–Crippen MR) is 73.2 cm³/mol. The van der Waals surface area contributed by atoms with Gasteiger partial charge in [-0.3, -0.25) is 0 Å². The van der Waals surface area contributed by atoms with E-state index in [9.17, 15) is 8.78 Å². The van der Waals surface area contributed by atoms with Gasteiger partial charge in [0.2, 0.25) is 0 Å². The van der Waals surface area contributed by atoms with Crippen LogP contribution >= 0.6 is 11.3 Å². The Labute approximate surface area is 115 Å². The van der Waals surface area contributed by atoms with E-state index >= 15 is 0 Å². The Morgan fingerprint density at radius 3 is 2.58 bits per heavy atom. The molecule has 0 spiro atoms. The summed E-state index contributed by atoms with van der Waals surface area (Å²) in [6.07, 6.45) is 0. The van der Waals surface area contributed by atoms with E-state index in [0.717, 1.165) is 22.3 Å². The third-order valence-corrected chi connectivity index (χ3v) is 4.08. The van der Waals surface area contributed by atoms with Crippen molar-refractivity contribution in [2.45, 2.75) is 33.4 Å². The molecule has 0 saturated heterocycles. The number of halogens is 2. The standard InChI is InChI=1S/C14H16F2N2S/c1-8(11-4-5-12(15)13(16)6-11)17-7-14-9(2)18-10(3)19-14/h4-6,8,17H,7H2,1-3H3. The zero-order valence-electron chi connectivity index (χ0n) is 11.1. The van der Waals surface area contributed by atoms with Crippen LogP contribution in [0.1, 0.15) is 34.1 Å². The van der Waals surface area contributed by atoms with Crippen molar-refractivity contribution < 1.29 is 8.78 Å². The number of benzene rings is 1. The first kappa shape index (κ1) is 14.1. The lowest BCUT2D eigenvalue weighted by atomic mass is 10.1. The van der Waals surface area contributed by atoms with Crippen LogP contribution in [0.15, 0.2) is 18.2 Å². The maximum absolute atomic E-state index is 13.2. The Balaban J connectivity index is 2.03. The Bertz CT molecular complexity index is 581. The number of hydrogen-bond donors (Lipinski definition) is 1. The van der Waals surface area contributed by atoms with Gasteiger partial charge in [0.15, 0.2) is 11.6 Å². The summed E-state index contributed by atoms with van der Waals surface area (Å²) in [6.45, 7) is 6.55. The lowest BCUT2D eigenvalue weighted by Crippen LogP contribution is -2.18. The van der Waals surface area contributed by atoms with Crippen molar-refractivity contribution in [1.82, 2.24) is 10.3 Å². The van der Waals surface area contributed by atoms with Crippen LogP contribution in [0.5, 0.6) is 0 Å². The minimum Gasteiger partial charge on any atom is -0.305 e. The summed E-state index contributed by atoms with van der Waals surface area (Å²) in [5, 5.41) is 4.33. The maximum Gasteiger partial charge on any atom is 0.159 e. The van der Waals surface area contributed by atoms with Crippen molar-refractivity contribution in [1.29, 1.82) is 0 Å². The van der Waals surface area contributed by atoms with Crippen LogP contribution < -0.4 is 5.32 Å². The summed E-state index contributed by atoms with van der Waals surface area (Å²) in [4.78, 5) is 5.53. The monoisotopic (exact) mass is 282 g/mol. The molecule has 19 heavy (non-hydrogen) atoms. The summed E-state index contributed by atoms with van der Waals surface area (Å²) in [5.41, 5.74) is 1.75. The molecule has 1 heterocycles. The van der Waals surface area contributed by atoms with Crippen molar-refractivity contribution in [3.05, 3.63) is 51.0 Å². The topological polar surface area (TPSA) is 24.9 Å². The van der Waals surface area contributed by atoms with E-state index in [1.165, 1.54) is 10.9 Å². The van der Waals surface area contributed by atoms with Gasteiger partial charge >= 0.3 is 0 Å². The Morgan fingerprint density at radius 1 is 1.26 bits per heavy atom. The minimum absolute atomic E-state index is 0.0445. The van der Waals surface area contributed by atoms with Crippen molar-refractivity contribution in [2.75, 3.05) is 0 Å². The van der Waals surface area contributed by atoms with Crippen LogP contribution in [0.2, 0.25) is 0 Å². The molecule has 1 N–H and O–H groups in total. The fourth-order valence-electron chi connectivity index (χ4n) is 1.88. The molecule has 0 saturated carbocycles. The van der Waals surface area contributed by atoms with E-state index in [1.54, 1.807) is 17.4 Å². The first-order valence-electron chi connectivity index (χ1n) is 6.08. The smallest absolute Gasteiger partial charge is 0.159 e. The molecule has 2 aromatic rings. The van der Waals surface area contributed by atoms with Gasteiger partial charge in [0.1, 0.15) is 0 Å². The van der Waals surface area contributed by atoms with Crippen molar-refractivity contribution >= 4 is 11.3 Å². The Kier molecular flexibility index (Phi) is 4.27. The molecular weight excluding hydrogens is 266 g/mol. The molecular formula is C14H16F2N2S. The average Bonchev–Trinajstić information content (AvgIpc) is 2.68. The minimum atomic E-state index is -0.815. The fourth-order valence-corrected chi connectivity index (χ4v) is 2.77. The highest BCUT2D eigenvalue weighted by molar-refractivity contribution is 7.11. The largest absolute Gasteiger partial charge is 0.305 e. The molecule has 0 fully saturated rings. The molecule has 0 amide bonds. The molecule has 0 radical (unpaired) electrons. The second-order valence-electron chi connectivity index (χ2n) is 4.52. The summed E-state index contributed by atoms with van der Waals surface area (Å²) in [6, 6.07) is 3.95. The van der Waals surface area contributed by atoms with Crippen LogP contribution in [0.25, 0.3) is 0 Å². The fraction of sp³-hybridized carbons (Fsp3) is 0.357. The third kappa shape index (κ3) is 3.36. The molecule has 5 heteroatoms. The predicted octanol–water partition coefficient (Wildman–Crippen LogP) is 3.89. The van der Waals surface area contributed by atoms with E-state index < -0.39 is 11.6 Å². The molecule has 0 aliphatic carbocycles. The number of rotatable bonds is 4. The normalized spacial score (nSPS) is 12.7. The lowest BCUT2D eigenvalue weighted by molar-refractivity contribution is 0.501. The molecule has 0 bridgehead atoms. The van der Waals surface area contributed by atoms with Gasteiger partial charge in [0.05, 0.1) is 10.7 Å². The molecule has 102 valence electrons. The summed E-state index contributed by atoms with van der Waals surface area (Å²) in [7, 11) is 0. The van der Waals surface area contributed by atoms with E-state index in [1.807, 2.05) is 20.8 Å². The number of aromatic nitrogens is 1. The molecule has 1 aromatic heterocycles. The highest BCUT2D eigenvalue weighted by Gasteiger charge is 2.10. The van der Waals surface area contributed by atoms with Gasteiger partial charge < -0.3 is 5.32 Å². The van der Waals surface area contributed by atoms with Gasteiger partial charge in [0.25, 0.3) is 0 Å². The molecule has 2 rings (SSSR count). The number of aryl methyl sites for hydroxylation is 2. The SMILES string of the molecule is Cc1nc(C)c(CNC(C)c2ccc(F)c(F)c2)s1. The maximum atomic E-state index is 13.2. The van der Waals surface area contributed by atoms with Crippen LogP contribution in [0, 0.1) is 25.5 Å². The number of hydrogen-bond acceptors (Lipinski definition) is 3. The van der Waals surface area contributed by atoms with Gasteiger partial charge in [-0.1, -0.05) is 6.07 Å².